The maximum Gasteiger partial charge on any atom is 0.337 e. The first-order valence-electron chi connectivity index (χ1n) is 10.0. The van der Waals surface area contributed by atoms with Crippen LogP contribution in [0, 0.1) is 6.92 Å². The number of hydrogen-bond acceptors (Lipinski definition) is 5. The second kappa shape index (κ2) is 8.41. The van der Waals surface area contributed by atoms with Gasteiger partial charge in [-0.15, -0.1) is 0 Å². The lowest BCUT2D eigenvalue weighted by atomic mass is 9.95. The van der Waals surface area contributed by atoms with Crippen molar-refractivity contribution in [1.82, 2.24) is 14.5 Å². The Balaban J connectivity index is 1.54. The van der Waals surface area contributed by atoms with E-state index in [4.69, 9.17) is 16.3 Å². The summed E-state index contributed by atoms with van der Waals surface area (Å²) in [5, 5.41) is 4.98. The van der Waals surface area contributed by atoms with Crippen LogP contribution in [-0.2, 0) is 24.1 Å². The number of carbonyl (C=O) groups excluding carboxylic acids is 1. The smallest absolute Gasteiger partial charge is 0.337 e. The van der Waals surface area contributed by atoms with Gasteiger partial charge >= 0.3 is 5.97 Å². The first-order chi connectivity index (χ1) is 14.1. The standard InChI is InChI=1S/C22H25ClN4O2/c1-14-25-20(23)13-21(26-14)24-10-5-11-27-18-7-4-3-6-16(18)17-12-15(22(28)29-2)8-9-19(17)27/h8-9,12-13H,3-7,10-11H2,1-2H3,(H,24,25,26). The molecule has 1 aromatic carbocycles. The van der Waals surface area contributed by atoms with Crippen LogP contribution in [0.15, 0.2) is 24.3 Å². The second-order valence-electron chi connectivity index (χ2n) is 7.41. The number of methoxy groups -OCH3 is 1. The molecule has 2 heterocycles. The van der Waals surface area contributed by atoms with Gasteiger partial charge in [0.15, 0.2) is 0 Å². The molecule has 152 valence electrons. The Morgan fingerprint density at radius 2 is 2.07 bits per heavy atom. The van der Waals surface area contributed by atoms with E-state index in [1.54, 1.807) is 6.07 Å². The van der Waals surface area contributed by atoms with Gasteiger partial charge in [-0.05, 0) is 62.8 Å². The molecule has 0 spiro atoms. The Hall–Kier alpha value is -2.60. The summed E-state index contributed by atoms with van der Waals surface area (Å²) in [5.74, 6) is 1.13. The zero-order chi connectivity index (χ0) is 20.4. The third-order valence-corrected chi connectivity index (χ3v) is 5.66. The lowest BCUT2D eigenvalue weighted by molar-refractivity contribution is 0.0601. The average molecular weight is 413 g/mol. The number of aryl methyl sites for hydroxylation is 3. The van der Waals surface area contributed by atoms with Crippen LogP contribution in [-0.4, -0.2) is 34.2 Å². The fourth-order valence-electron chi connectivity index (χ4n) is 4.21. The quantitative estimate of drug-likeness (QED) is 0.365. The number of nitrogens with one attached hydrogen (secondary N) is 1. The number of rotatable bonds is 6. The molecule has 1 aliphatic carbocycles. The summed E-state index contributed by atoms with van der Waals surface area (Å²) in [5.41, 5.74) is 4.62. The van der Waals surface area contributed by atoms with Gasteiger partial charge in [0.05, 0.1) is 12.7 Å². The molecule has 0 amide bonds. The molecule has 6 nitrogen and oxygen atoms in total. The highest BCUT2D eigenvalue weighted by atomic mass is 35.5. The maximum absolute atomic E-state index is 12.0. The topological polar surface area (TPSA) is 69.0 Å². The van der Waals surface area contributed by atoms with Crippen LogP contribution in [0.3, 0.4) is 0 Å². The molecule has 0 radical (unpaired) electrons. The number of esters is 1. The molecule has 2 aromatic heterocycles. The summed E-state index contributed by atoms with van der Waals surface area (Å²) in [7, 11) is 1.42. The van der Waals surface area contributed by atoms with Gasteiger partial charge in [-0.1, -0.05) is 11.6 Å². The minimum absolute atomic E-state index is 0.285. The SMILES string of the molecule is COC(=O)c1ccc2c(c1)c1c(n2CCCNc2cc(Cl)nc(C)n2)CCCC1. The van der Waals surface area contributed by atoms with E-state index in [1.165, 1.54) is 42.1 Å². The van der Waals surface area contributed by atoms with Crippen molar-refractivity contribution >= 4 is 34.3 Å². The summed E-state index contributed by atoms with van der Waals surface area (Å²) >= 11 is 6.01. The highest BCUT2D eigenvalue weighted by molar-refractivity contribution is 6.29. The van der Waals surface area contributed by atoms with Gasteiger partial charge in [-0.25, -0.2) is 14.8 Å². The van der Waals surface area contributed by atoms with Crippen LogP contribution in [0.1, 0.15) is 46.7 Å². The monoisotopic (exact) mass is 412 g/mol. The Kier molecular flexibility index (Phi) is 5.72. The molecule has 7 heteroatoms. The molecule has 0 atom stereocenters. The molecular formula is C22H25ClN4O2. The highest BCUT2D eigenvalue weighted by Crippen LogP contribution is 2.33. The van der Waals surface area contributed by atoms with Gasteiger partial charge in [0.2, 0.25) is 0 Å². The van der Waals surface area contributed by atoms with Crippen LogP contribution in [0.5, 0.6) is 0 Å². The molecule has 0 saturated heterocycles. The van der Waals surface area contributed by atoms with Crippen LogP contribution >= 0.6 is 11.6 Å². The number of nitrogens with zero attached hydrogens (tertiary/aromatic N) is 3. The number of fused-ring (bicyclic) bond motifs is 3. The van der Waals surface area contributed by atoms with E-state index in [2.05, 4.69) is 25.9 Å². The van der Waals surface area contributed by atoms with Crippen LogP contribution in [0.4, 0.5) is 5.82 Å². The van der Waals surface area contributed by atoms with Gasteiger partial charge in [-0.3, -0.25) is 0 Å². The minimum Gasteiger partial charge on any atom is -0.465 e. The zero-order valence-corrected chi connectivity index (χ0v) is 17.6. The van der Waals surface area contributed by atoms with Crippen molar-refractivity contribution in [2.75, 3.05) is 19.0 Å². The lowest BCUT2D eigenvalue weighted by Gasteiger charge is -2.16. The van der Waals surface area contributed by atoms with Gasteiger partial charge in [0.1, 0.15) is 16.8 Å². The number of carbonyl (C=O) groups is 1. The van der Waals surface area contributed by atoms with Crippen molar-refractivity contribution in [2.45, 2.75) is 45.6 Å². The highest BCUT2D eigenvalue weighted by Gasteiger charge is 2.21. The van der Waals surface area contributed by atoms with Crippen molar-refractivity contribution in [1.29, 1.82) is 0 Å². The molecule has 0 fully saturated rings. The largest absolute Gasteiger partial charge is 0.465 e. The molecule has 0 unspecified atom stereocenters. The molecular weight excluding hydrogens is 388 g/mol. The molecule has 1 aliphatic rings. The lowest BCUT2D eigenvalue weighted by Crippen LogP contribution is -2.12. The van der Waals surface area contributed by atoms with E-state index >= 15 is 0 Å². The second-order valence-corrected chi connectivity index (χ2v) is 7.80. The number of hydrogen-bond donors (Lipinski definition) is 1. The molecule has 0 saturated carbocycles. The van der Waals surface area contributed by atoms with Gasteiger partial charge in [-0.2, -0.15) is 0 Å². The van der Waals surface area contributed by atoms with Crippen LogP contribution in [0.2, 0.25) is 5.15 Å². The van der Waals surface area contributed by atoms with Crippen LogP contribution < -0.4 is 5.32 Å². The number of ether oxygens (including phenoxy) is 1. The molecule has 0 aliphatic heterocycles. The fraction of sp³-hybridized carbons (Fsp3) is 0.409. The third kappa shape index (κ3) is 4.08. The molecule has 4 rings (SSSR count). The van der Waals surface area contributed by atoms with Crippen molar-refractivity contribution in [2.24, 2.45) is 0 Å². The zero-order valence-electron chi connectivity index (χ0n) is 16.8. The first-order valence-corrected chi connectivity index (χ1v) is 10.4. The van der Waals surface area contributed by atoms with E-state index in [1.807, 2.05) is 19.1 Å². The van der Waals surface area contributed by atoms with Gasteiger partial charge < -0.3 is 14.6 Å². The molecule has 1 N–H and O–H groups in total. The number of aromatic nitrogens is 3. The Labute approximate surface area is 175 Å². The van der Waals surface area contributed by atoms with Crippen LogP contribution in [0.25, 0.3) is 10.9 Å². The summed E-state index contributed by atoms with van der Waals surface area (Å²) in [4.78, 5) is 20.4. The van der Waals surface area contributed by atoms with E-state index in [-0.39, 0.29) is 5.97 Å². The van der Waals surface area contributed by atoms with Gasteiger partial charge in [0, 0.05) is 35.8 Å². The predicted octanol–water partition coefficient (Wildman–Crippen LogP) is 4.56. The first kappa shape index (κ1) is 19.7. The molecule has 3 aromatic rings. The summed E-state index contributed by atoms with van der Waals surface area (Å²) in [6.07, 6.45) is 5.52. The number of benzene rings is 1. The molecule has 0 bridgehead atoms. The normalized spacial score (nSPS) is 13.3. The Bertz CT molecular complexity index is 1040. The Morgan fingerprint density at radius 1 is 1.24 bits per heavy atom. The van der Waals surface area contributed by atoms with Crippen molar-refractivity contribution in [3.8, 4) is 0 Å². The third-order valence-electron chi connectivity index (χ3n) is 5.47. The minimum atomic E-state index is -0.285. The van der Waals surface area contributed by atoms with Crippen molar-refractivity contribution in [3.05, 3.63) is 52.1 Å². The van der Waals surface area contributed by atoms with Crippen molar-refractivity contribution in [3.63, 3.8) is 0 Å². The summed E-state index contributed by atoms with van der Waals surface area (Å²) in [6, 6.07) is 7.66. The fourth-order valence-corrected chi connectivity index (χ4v) is 4.44. The van der Waals surface area contributed by atoms with E-state index in [9.17, 15) is 4.79 Å². The predicted molar refractivity (Wildman–Crippen MR) is 115 cm³/mol. The van der Waals surface area contributed by atoms with E-state index in [0.29, 0.717) is 16.5 Å². The van der Waals surface area contributed by atoms with E-state index in [0.717, 1.165) is 38.2 Å². The van der Waals surface area contributed by atoms with Gasteiger partial charge in [0.25, 0.3) is 0 Å². The van der Waals surface area contributed by atoms with Crippen molar-refractivity contribution < 1.29 is 9.53 Å². The average Bonchev–Trinajstić information content (AvgIpc) is 3.03. The van der Waals surface area contributed by atoms with E-state index < -0.39 is 0 Å². The number of halogens is 1. The summed E-state index contributed by atoms with van der Waals surface area (Å²) < 4.78 is 7.32. The summed E-state index contributed by atoms with van der Waals surface area (Å²) in [6.45, 7) is 3.54. The maximum atomic E-state index is 12.0. The Morgan fingerprint density at radius 3 is 2.86 bits per heavy atom. The number of anilines is 1. The molecule has 29 heavy (non-hydrogen) atoms.